The van der Waals surface area contributed by atoms with Crippen LogP contribution in [0.1, 0.15) is 72.6 Å². The molecule has 0 saturated heterocycles. The molecule has 3 nitrogen and oxygen atoms in total. The topological polar surface area (TPSA) is 57.5 Å². The summed E-state index contributed by atoms with van der Waals surface area (Å²) in [6, 6.07) is 0. The Balaban J connectivity index is 2.68. The molecule has 3 heteroatoms. The van der Waals surface area contributed by atoms with Gasteiger partial charge in [0.05, 0.1) is 6.10 Å². The van der Waals surface area contributed by atoms with Gasteiger partial charge in [0.15, 0.2) is 5.76 Å². The van der Waals surface area contributed by atoms with Crippen LogP contribution >= 0.6 is 0 Å². The number of aliphatic hydroxyl groups excluding tert-OH is 2. The first-order valence-electron chi connectivity index (χ1n) is 9.01. The number of aliphatic hydroxyl groups is 2. The van der Waals surface area contributed by atoms with Crippen LogP contribution in [0, 0.1) is 0 Å². The van der Waals surface area contributed by atoms with Crippen LogP contribution in [0.2, 0.25) is 0 Å². The molecule has 1 aliphatic carbocycles. The summed E-state index contributed by atoms with van der Waals surface area (Å²) in [6.07, 6.45) is 10.9. The highest BCUT2D eigenvalue weighted by atomic mass is 16.3. The third-order valence-electron chi connectivity index (χ3n) is 4.34. The van der Waals surface area contributed by atoms with Gasteiger partial charge in [-0.1, -0.05) is 43.1 Å². The number of Topliss-reactive ketones (excluding diaryl/α,β-unsaturated/α-hetero) is 1. The third-order valence-corrected chi connectivity index (χ3v) is 4.34. The number of hydrogen-bond donors (Lipinski definition) is 2. The number of allylic oxidation sites excluding steroid dienone is 5. The van der Waals surface area contributed by atoms with Crippen LogP contribution in [0.5, 0.6) is 0 Å². The minimum absolute atomic E-state index is 0.259. The molecule has 0 radical (unpaired) electrons. The summed E-state index contributed by atoms with van der Waals surface area (Å²) in [5.41, 5.74) is 3.46. The van der Waals surface area contributed by atoms with Gasteiger partial charge in [-0.05, 0) is 59.0 Å². The lowest BCUT2D eigenvalue weighted by atomic mass is 9.89. The van der Waals surface area contributed by atoms with Crippen LogP contribution in [0.4, 0.5) is 0 Å². The number of carbonyl (C=O) groups is 1. The summed E-state index contributed by atoms with van der Waals surface area (Å²) in [5, 5.41) is 20.4. The molecule has 24 heavy (non-hydrogen) atoms. The molecule has 0 saturated carbocycles. The number of ketones is 1. The second-order valence-electron chi connectivity index (χ2n) is 6.87. The Bertz CT molecular complexity index is 558. The summed E-state index contributed by atoms with van der Waals surface area (Å²) in [6.45, 7) is 8.31. The molecule has 0 aromatic rings. The molecule has 1 rings (SSSR count). The number of rotatable bonds is 9. The van der Waals surface area contributed by atoms with E-state index in [0.29, 0.717) is 24.0 Å². The van der Waals surface area contributed by atoms with Gasteiger partial charge in [-0.15, -0.1) is 0 Å². The zero-order valence-corrected chi connectivity index (χ0v) is 15.6. The summed E-state index contributed by atoms with van der Waals surface area (Å²) < 4.78 is 0. The zero-order valence-electron chi connectivity index (χ0n) is 15.6. The van der Waals surface area contributed by atoms with Crippen LogP contribution in [0.15, 0.2) is 46.3 Å². The molecular formula is C21H32O3. The maximum absolute atomic E-state index is 12.3. The van der Waals surface area contributed by atoms with E-state index in [1.165, 1.54) is 11.1 Å². The first-order valence-corrected chi connectivity index (χ1v) is 9.01. The Morgan fingerprint density at radius 3 is 2.54 bits per heavy atom. The van der Waals surface area contributed by atoms with Crippen molar-refractivity contribution in [2.75, 3.05) is 0 Å². The Morgan fingerprint density at radius 2 is 1.92 bits per heavy atom. The average molecular weight is 332 g/mol. The number of unbranched alkanes of at least 4 members (excludes halogenated alkanes) is 2. The minimum Gasteiger partial charge on any atom is -0.504 e. The zero-order chi connectivity index (χ0) is 18.1. The van der Waals surface area contributed by atoms with Gasteiger partial charge in [0.2, 0.25) is 5.78 Å². The van der Waals surface area contributed by atoms with Crippen molar-refractivity contribution in [2.45, 2.75) is 78.7 Å². The summed E-state index contributed by atoms with van der Waals surface area (Å²) in [7, 11) is 0. The second-order valence-corrected chi connectivity index (χ2v) is 6.87. The third kappa shape index (κ3) is 6.48. The predicted molar refractivity (Wildman–Crippen MR) is 99.9 cm³/mol. The molecular weight excluding hydrogens is 300 g/mol. The van der Waals surface area contributed by atoms with E-state index in [9.17, 15) is 15.0 Å². The van der Waals surface area contributed by atoms with Crippen molar-refractivity contribution in [1.82, 2.24) is 0 Å². The minimum atomic E-state index is -0.860. The fourth-order valence-electron chi connectivity index (χ4n) is 2.76. The molecule has 0 aromatic heterocycles. The highest BCUT2D eigenvalue weighted by molar-refractivity contribution is 6.08. The molecule has 0 aliphatic heterocycles. The van der Waals surface area contributed by atoms with E-state index in [4.69, 9.17) is 0 Å². The van der Waals surface area contributed by atoms with E-state index in [1.807, 2.05) is 13.0 Å². The number of hydrogen-bond acceptors (Lipinski definition) is 3. The lowest BCUT2D eigenvalue weighted by Crippen LogP contribution is -2.22. The maximum atomic E-state index is 12.3. The lowest BCUT2D eigenvalue weighted by molar-refractivity contribution is -0.115. The maximum Gasteiger partial charge on any atom is 0.223 e. The van der Waals surface area contributed by atoms with Crippen molar-refractivity contribution in [1.29, 1.82) is 0 Å². The van der Waals surface area contributed by atoms with Crippen LogP contribution in [-0.2, 0) is 4.79 Å². The smallest absolute Gasteiger partial charge is 0.223 e. The second kappa shape index (κ2) is 10.3. The highest BCUT2D eigenvalue weighted by Crippen LogP contribution is 2.27. The Morgan fingerprint density at radius 1 is 1.21 bits per heavy atom. The van der Waals surface area contributed by atoms with Crippen molar-refractivity contribution in [3.63, 3.8) is 0 Å². The SMILES string of the molecule is CCCCCC1=CC(O)C(C/C=C(\C)CCC=C(C)C)=C(O)C1=O. The van der Waals surface area contributed by atoms with Crippen molar-refractivity contribution >= 4 is 5.78 Å². The Kier molecular flexibility index (Phi) is 8.77. The molecule has 1 unspecified atom stereocenters. The molecule has 0 spiro atoms. The summed E-state index contributed by atoms with van der Waals surface area (Å²) in [5.74, 6) is -0.577. The normalized spacial score (nSPS) is 18.7. The molecule has 0 bridgehead atoms. The Labute approximate surface area is 146 Å². The Hall–Kier alpha value is -1.61. The van der Waals surface area contributed by atoms with Crippen molar-refractivity contribution in [3.8, 4) is 0 Å². The van der Waals surface area contributed by atoms with Crippen LogP contribution in [-0.4, -0.2) is 22.1 Å². The van der Waals surface area contributed by atoms with Gasteiger partial charge in [-0.25, -0.2) is 0 Å². The van der Waals surface area contributed by atoms with Crippen LogP contribution < -0.4 is 0 Å². The van der Waals surface area contributed by atoms with E-state index >= 15 is 0 Å². The molecule has 0 aromatic carbocycles. The van der Waals surface area contributed by atoms with Crippen LogP contribution in [0.25, 0.3) is 0 Å². The van der Waals surface area contributed by atoms with Crippen molar-refractivity contribution in [2.24, 2.45) is 0 Å². The molecule has 2 N–H and O–H groups in total. The fourth-order valence-corrected chi connectivity index (χ4v) is 2.76. The quantitative estimate of drug-likeness (QED) is 0.443. The molecule has 1 atom stereocenters. The van der Waals surface area contributed by atoms with Crippen molar-refractivity contribution in [3.05, 3.63) is 46.3 Å². The van der Waals surface area contributed by atoms with Gasteiger partial charge >= 0.3 is 0 Å². The average Bonchev–Trinajstić information content (AvgIpc) is 2.51. The van der Waals surface area contributed by atoms with Gasteiger partial charge in [0, 0.05) is 11.1 Å². The molecule has 0 amide bonds. The molecule has 1 aliphatic rings. The molecule has 0 heterocycles. The number of carbonyl (C=O) groups excluding carboxylic acids is 1. The standard InChI is InChI=1S/C21H32O3/c1-5-6-7-11-17-14-19(22)18(21(24)20(17)23)13-12-16(4)10-8-9-15(2)3/h9,12,14,19,22,24H,5-8,10-11,13H2,1-4H3/b16-12+. The first kappa shape index (κ1) is 20.4. The first-order chi connectivity index (χ1) is 11.4. The lowest BCUT2D eigenvalue weighted by Gasteiger charge is -2.20. The van der Waals surface area contributed by atoms with E-state index in [2.05, 4.69) is 26.8 Å². The van der Waals surface area contributed by atoms with E-state index < -0.39 is 6.10 Å². The summed E-state index contributed by atoms with van der Waals surface area (Å²) >= 11 is 0. The van der Waals surface area contributed by atoms with Gasteiger partial charge < -0.3 is 10.2 Å². The molecule has 134 valence electrons. The van der Waals surface area contributed by atoms with E-state index in [-0.39, 0.29) is 11.5 Å². The molecule has 0 fully saturated rings. The van der Waals surface area contributed by atoms with Gasteiger partial charge in [0.1, 0.15) is 0 Å². The largest absolute Gasteiger partial charge is 0.504 e. The van der Waals surface area contributed by atoms with Gasteiger partial charge in [-0.2, -0.15) is 0 Å². The summed E-state index contributed by atoms with van der Waals surface area (Å²) in [4.78, 5) is 12.3. The van der Waals surface area contributed by atoms with E-state index in [1.54, 1.807) is 6.08 Å². The van der Waals surface area contributed by atoms with Gasteiger partial charge in [0.25, 0.3) is 0 Å². The monoisotopic (exact) mass is 332 g/mol. The van der Waals surface area contributed by atoms with E-state index in [0.717, 1.165) is 32.1 Å². The van der Waals surface area contributed by atoms with Crippen LogP contribution in [0.3, 0.4) is 0 Å². The fraction of sp³-hybridized carbons (Fsp3) is 0.571. The van der Waals surface area contributed by atoms with Gasteiger partial charge in [-0.3, -0.25) is 4.79 Å². The predicted octanol–water partition coefficient (Wildman–Crippen LogP) is 5.33. The highest BCUT2D eigenvalue weighted by Gasteiger charge is 2.27. The van der Waals surface area contributed by atoms with Crippen molar-refractivity contribution < 1.29 is 15.0 Å².